The molecule has 0 heterocycles. The second-order valence-electron chi connectivity index (χ2n) is 4.02. The van der Waals surface area contributed by atoms with Crippen molar-refractivity contribution in [3.63, 3.8) is 0 Å². The Morgan fingerprint density at radius 2 is 1.57 bits per heavy atom. The summed E-state index contributed by atoms with van der Waals surface area (Å²) in [6.07, 6.45) is 0. The Kier molecular flexibility index (Phi) is 3.34. The number of hydrogen-bond acceptors (Lipinski definition) is 2. The third kappa shape index (κ3) is 3.08. The molecule has 0 unspecified atom stereocenters. The van der Waals surface area contributed by atoms with Crippen LogP contribution in [0.4, 0.5) is 5.69 Å². The van der Waals surface area contributed by atoms with Crippen LogP contribution in [0.1, 0.15) is 0 Å². The molecule has 0 aromatic heterocycles. The van der Waals surface area contributed by atoms with Crippen molar-refractivity contribution >= 4 is 37.2 Å². The second kappa shape index (κ2) is 4.01. The van der Waals surface area contributed by atoms with Gasteiger partial charge in [-0.15, -0.1) is 0 Å². The van der Waals surface area contributed by atoms with E-state index in [0.29, 0.717) is 21.5 Å². The van der Waals surface area contributed by atoms with E-state index in [4.69, 9.17) is 33.4 Å². The quantitative estimate of drug-likeness (QED) is 0.640. The molecule has 1 aromatic rings. The molecule has 1 rings (SSSR count). The maximum atomic E-state index is 5.87. The van der Waals surface area contributed by atoms with E-state index >= 15 is 0 Å². The van der Waals surface area contributed by atoms with Crippen molar-refractivity contribution in [1.29, 1.82) is 0 Å². The number of benzene rings is 1. The van der Waals surface area contributed by atoms with Crippen molar-refractivity contribution in [3.8, 4) is 5.75 Å². The lowest BCUT2D eigenvalue weighted by Crippen LogP contribution is -2.29. The number of nitrogens with two attached hydrogens (primary N) is 1. The first-order valence-electron chi connectivity index (χ1n) is 4.23. The summed E-state index contributed by atoms with van der Waals surface area (Å²) in [4.78, 5) is 0. The fourth-order valence-corrected chi connectivity index (χ4v) is 2.27. The predicted octanol–water partition coefficient (Wildman–Crippen LogP) is 3.79. The Morgan fingerprint density at radius 1 is 1.14 bits per heavy atom. The normalized spacial score (nSPS) is 11.5. The molecule has 0 aliphatic carbocycles. The molecule has 0 amide bonds. The Bertz CT molecular complexity index is 326. The second-order valence-corrected chi connectivity index (χ2v) is 9.26. The topological polar surface area (TPSA) is 35.2 Å². The SMILES string of the molecule is C[Si](C)(C)Oc1cc(Cl)c(N)c(Cl)c1. The lowest BCUT2D eigenvalue weighted by molar-refractivity contribution is 0.558. The summed E-state index contributed by atoms with van der Waals surface area (Å²) in [6.45, 7) is 6.27. The van der Waals surface area contributed by atoms with Crippen molar-refractivity contribution in [1.82, 2.24) is 0 Å². The van der Waals surface area contributed by atoms with Crippen molar-refractivity contribution < 1.29 is 4.43 Å². The molecule has 2 nitrogen and oxygen atoms in total. The Labute approximate surface area is 95.1 Å². The van der Waals surface area contributed by atoms with Crippen LogP contribution in [-0.4, -0.2) is 8.32 Å². The van der Waals surface area contributed by atoms with E-state index < -0.39 is 8.32 Å². The van der Waals surface area contributed by atoms with Gasteiger partial charge in [-0.05, 0) is 31.8 Å². The summed E-state index contributed by atoms with van der Waals surface area (Å²) in [5.41, 5.74) is 6.01. The van der Waals surface area contributed by atoms with Gasteiger partial charge in [-0.1, -0.05) is 23.2 Å². The summed E-state index contributed by atoms with van der Waals surface area (Å²) < 4.78 is 5.73. The highest BCUT2D eigenvalue weighted by atomic mass is 35.5. The Hall–Kier alpha value is -0.383. The first-order valence-corrected chi connectivity index (χ1v) is 8.39. The van der Waals surface area contributed by atoms with Crippen LogP contribution in [0.2, 0.25) is 29.7 Å². The number of nitrogen functional groups attached to an aromatic ring is 1. The molecule has 0 atom stereocenters. The first kappa shape index (κ1) is 11.7. The van der Waals surface area contributed by atoms with Gasteiger partial charge < -0.3 is 10.2 Å². The molecule has 14 heavy (non-hydrogen) atoms. The number of halogens is 2. The van der Waals surface area contributed by atoms with Crippen LogP contribution in [0.3, 0.4) is 0 Å². The van der Waals surface area contributed by atoms with Crippen molar-refractivity contribution in [2.75, 3.05) is 5.73 Å². The predicted molar refractivity (Wildman–Crippen MR) is 64.8 cm³/mol. The smallest absolute Gasteiger partial charge is 0.242 e. The maximum Gasteiger partial charge on any atom is 0.242 e. The average Bonchev–Trinajstić information content (AvgIpc) is 1.96. The third-order valence-electron chi connectivity index (χ3n) is 1.48. The molecule has 0 saturated carbocycles. The van der Waals surface area contributed by atoms with Gasteiger partial charge >= 0.3 is 0 Å². The molecule has 0 bridgehead atoms. The van der Waals surface area contributed by atoms with Gasteiger partial charge in [-0.25, -0.2) is 0 Å². The van der Waals surface area contributed by atoms with Gasteiger partial charge in [-0.2, -0.15) is 0 Å². The molecule has 78 valence electrons. The van der Waals surface area contributed by atoms with Crippen molar-refractivity contribution in [3.05, 3.63) is 22.2 Å². The van der Waals surface area contributed by atoms with Crippen LogP contribution in [0, 0.1) is 0 Å². The van der Waals surface area contributed by atoms with Gasteiger partial charge in [0, 0.05) is 0 Å². The highest BCUT2D eigenvalue weighted by molar-refractivity contribution is 6.70. The highest BCUT2D eigenvalue weighted by Gasteiger charge is 2.17. The fourth-order valence-electron chi connectivity index (χ4n) is 0.974. The molecule has 1 aromatic carbocycles. The Morgan fingerprint density at radius 3 is 1.93 bits per heavy atom. The van der Waals surface area contributed by atoms with Crippen LogP contribution in [-0.2, 0) is 0 Å². The van der Waals surface area contributed by atoms with Crippen LogP contribution >= 0.6 is 23.2 Å². The van der Waals surface area contributed by atoms with Gasteiger partial charge in [0.1, 0.15) is 5.75 Å². The molecular formula is C9H13Cl2NOSi. The van der Waals surface area contributed by atoms with Gasteiger partial charge in [0.25, 0.3) is 0 Å². The van der Waals surface area contributed by atoms with Crippen LogP contribution in [0.25, 0.3) is 0 Å². The van der Waals surface area contributed by atoms with E-state index in [-0.39, 0.29) is 0 Å². The lowest BCUT2D eigenvalue weighted by Gasteiger charge is -2.19. The largest absolute Gasteiger partial charge is 0.544 e. The van der Waals surface area contributed by atoms with E-state index in [1.807, 2.05) is 0 Å². The summed E-state index contributed by atoms with van der Waals surface area (Å²) in [7, 11) is -1.62. The van der Waals surface area contributed by atoms with Gasteiger partial charge in [0.2, 0.25) is 8.32 Å². The number of rotatable bonds is 2. The molecule has 0 aliphatic rings. The zero-order chi connectivity index (χ0) is 10.9. The van der Waals surface area contributed by atoms with E-state index in [1.54, 1.807) is 12.1 Å². The van der Waals surface area contributed by atoms with Crippen molar-refractivity contribution in [2.45, 2.75) is 19.6 Å². The lowest BCUT2D eigenvalue weighted by atomic mass is 10.3. The molecule has 5 heteroatoms. The number of hydrogen-bond donors (Lipinski definition) is 1. The van der Waals surface area contributed by atoms with Crippen LogP contribution in [0.15, 0.2) is 12.1 Å². The maximum absolute atomic E-state index is 5.87. The molecule has 0 spiro atoms. The standard InChI is InChI=1S/C9H13Cl2NOSi/c1-14(2,3)13-6-4-7(10)9(12)8(11)5-6/h4-5H,12H2,1-3H3. The minimum Gasteiger partial charge on any atom is -0.544 e. The molecule has 0 radical (unpaired) electrons. The first-order chi connectivity index (χ1) is 6.29. The van der Waals surface area contributed by atoms with Crippen LogP contribution in [0.5, 0.6) is 5.75 Å². The van der Waals surface area contributed by atoms with Gasteiger partial charge in [0.05, 0.1) is 15.7 Å². The molecule has 0 saturated heterocycles. The molecule has 2 N–H and O–H groups in total. The zero-order valence-electron chi connectivity index (χ0n) is 8.40. The minimum absolute atomic E-state index is 0.399. The number of anilines is 1. The van der Waals surface area contributed by atoms with E-state index in [2.05, 4.69) is 19.6 Å². The minimum atomic E-state index is -1.62. The monoisotopic (exact) mass is 249 g/mol. The van der Waals surface area contributed by atoms with Gasteiger partial charge in [0.15, 0.2) is 0 Å². The molecule has 0 aliphatic heterocycles. The van der Waals surface area contributed by atoms with Gasteiger partial charge in [-0.3, -0.25) is 0 Å². The summed E-state index contributed by atoms with van der Waals surface area (Å²) in [5, 5.41) is 0.872. The summed E-state index contributed by atoms with van der Waals surface area (Å²) >= 11 is 11.7. The van der Waals surface area contributed by atoms with Crippen LogP contribution < -0.4 is 10.2 Å². The van der Waals surface area contributed by atoms with E-state index in [1.165, 1.54) is 0 Å². The van der Waals surface area contributed by atoms with E-state index in [0.717, 1.165) is 0 Å². The fraction of sp³-hybridized carbons (Fsp3) is 0.333. The zero-order valence-corrected chi connectivity index (χ0v) is 10.9. The average molecular weight is 250 g/mol. The molecule has 0 fully saturated rings. The third-order valence-corrected chi connectivity index (χ3v) is 2.95. The Balaban J connectivity index is 3.02. The van der Waals surface area contributed by atoms with Crippen molar-refractivity contribution in [2.24, 2.45) is 0 Å². The van der Waals surface area contributed by atoms with E-state index in [9.17, 15) is 0 Å². The molecular weight excluding hydrogens is 237 g/mol. The summed E-state index contributed by atoms with van der Waals surface area (Å²) in [6, 6.07) is 3.39. The highest BCUT2D eigenvalue weighted by Crippen LogP contribution is 2.33. The summed E-state index contributed by atoms with van der Waals surface area (Å²) in [5.74, 6) is 0.688.